The maximum absolute atomic E-state index is 11.2. The number of para-hydroxylation sites is 2. The SMILES string of the molecule is Cn1cc(C(=O)O)c(-n2cnc3ccccc32)n1. The molecule has 6 heteroatoms. The van der Waals surface area contributed by atoms with E-state index < -0.39 is 5.97 Å². The molecule has 1 N–H and O–H groups in total. The summed E-state index contributed by atoms with van der Waals surface area (Å²) in [6.45, 7) is 0. The normalized spacial score (nSPS) is 10.9. The average molecular weight is 242 g/mol. The number of hydrogen-bond acceptors (Lipinski definition) is 3. The van der Waals surface area contributed by atoms with E-state index in [1.807, 2.05) is 24.3 Å². The number of imidazole rings is 1. The Morgan fingerprint density at radius 2 is 2.11 bits per heavy atom. The van der Waals surface area contributed by atoms with Gasteiger partial charge in [0.1, 0.15) is 11.9 Å². The predicted octanol–water partition coefficient (Wildman–Crippen LogP) is 1.46. The lowest BCUT2D eigenvalue weighted by Gasteiger charge is -2.00. The predicted molar refractivity (Wildman–Crippen MR) is 64.8 cm³/mol. The van der Waals surface area contributed by atoms with E-state index in [1.54, 1.807) is 17.9 Å². The maximum Gasteiger partial charge on any atom is 0.341 e. The Hall–Kier alpha value is -2.63. The van der Waals surface area contributed by atoms with E-state index in [0.29, 0.717) is 5.82 Å². The zero-order valence-electron chi connectivity index (χ0n) is 9.61. The Labute approximate surface area is 102 Å². The number of fused-ring (bicyclic) bond motifs is 1. The number of rotatable bonds is 2. The number of carbonyl (C=O) groups is 1. The molecule has 0 bridgehead atoms. The molecule has 2 aromatic heterocycles. The second kappa shape index (κ2) is 3.69. The van der Waals surface area contributed by atoms with E-state index >= 15 is 0 Å². The van der Waals surface area contributed by atoms with Crippen LogP contribution in [0, 0.1) is 0 Å². The number of benzene rings is 1. The van der Waals surface area contributed by atoms with Gasteiger partial charge in [-0.05, 0) is 12.1 Å². The molecule has 0 aliphatic carbocycles. The Balaban J connectivity index is 2.29. The quantitative estimate of drug-likeness (QED) is 0.738. The second-order valence-corrected chi connectivity index (χ2v) is 3.95. The molecule has 0 spiro atoms. The highest BCUT2D eigenvalue weighted by Crippen LogP contribution is 2.19. The first-order chi connectivity index (χ1) is 8.66. The van der Waals surface area contributed by atoms with E-state index in [4.69, 9.17) is 5.11 Å². The van der Waals surface area contributed by atoms with Crippen molar-refractivity contribution >= 4 is 17.0 Å². The zero-order chi connectivity index (χ0) is 12.7. The summed E-state index contributed by atoms with van der Waals surface area (Å²) >= 11 is 0. The molecule has 0 saturated carbocycles. The first kappa shape index (κ1) is 10.5. The second-order valence-electron chi connectivity index (χ2n) is 3.95. The molecule has 6 nitrogen and oxygen atoms in total. The van der Waals surface area contributed by atoms with Crippen LogP contribution in [-0.2, 0) is 7.05 Å². The molecule has 1 aromatic carbocycles. The van der Waals surface area contributed by atoms with Crippen molar-refractivity contribution in [1.29, 1.82) is 0 Å². The fraction of sp³-hybridized carbons (Fsp3) is 0.0833. The molecular formula is C12H10N4O2. The third-order valence-corrected chi connectivity index (χ3v) is 2.72. The molecule has 0 unspecified atom stereocenters. The van der Waals surface area contributed by atoms with E-state index in [0.717, 1.165) is 11.0 Å². The summed E-state index contributed by atoms with van der Waals surface area (Å²) in [7, 11) is 1.69. The lowest BCUT2D eigenvalue weighted by molar-refractivity contribution is 0.0697. The van der Waals surface area contributed by atoms with Gasteiger partial charge in [-0.1, -0.05) is 12.1 Å². The fourth-order valence-electron chi connectivity index (χ4n) is 1.93. The molecule has 0 saturated heterocycles. The van der Waals surface area contributed by atoms with Crippen molar-refractivity contribution in [3.63, 3.8) is 0 Å². The third-order valence-electron chi connectivity index (χ3n) is 2.72. The van der Waals surface area contributed by atoms with Gasteiger partial charge in [0.05, 0.1) is 11.0 Å². The molecule has 3 aromatic rings. The van der Waals surface area contributed by atoms with Gasteiger partial charge in [-0.25, -0.2) is 9.78 Å². The van der Waals surface area contributed by atoms with Crippen LogP contribution in [0.15, 0.2) is 36.8 Å². The van der Waals surface area contributed by atoms with Crippen LogP contribution in [0.3, 0.4) is 0 Å². The summed E-state index contributed by atoms with van der Waals surface area (Å²) in [4.78, 5) is 15.4. The lowest BCUT2D eigenvalue weighted by Crippen LogP contribution is -2.02. The van der Waals surface area contributed by atoms with Gasteiger partial charge in [0.25, 0.3) is 0 Å². The summed E-state index contributed by atoms with van der Waals surface area (Å²) in [5.41, 5.74) is 1.79. The van der Waals surface area contributed by atoms with E-state index in [2.05, 4.69) is 10.1 Å². The van der Waals surface area contributed by atoms with Gasteiger partial charge < -0.3 is 5.11 Å². The zero-order valence-corrected chi connectivity index (χ0v) is 9.61. The van der Waals surface area contributed by atoms with Crippen molar-refractivity contribution < 1.29 is 9.90 Å². The first-order valence-corrected chi connectivity index (χ1v) is 5.36. The van der Waals surface area contributed by atoms with Gasteiger partial charge >= 0.3 is 5.97 Å². The molecule has 18 heavy (non-hydrogen) atoms. The summed E-state index contributed by atoms with van der Waals surface area (Å²) < 4.78 is 3.16. The van der Waals surface area contributed by atoms with Crippen LogP contribution in [0.4, 0.5) is 0 Å². The minimum absolute atomic E-state index is 0.153. The standard InChI is InChI=1S/C12H10N4O2/c1-15-6-8(12(17)18)11(14-15)16-7-13-9-4-2-3-5-10(9)16/h2-7H,1H3,(H,17,18). The summed E-state index contributed by atoms with van der Waals surface area (Å²) in [5.74, 6) is -0.630. The number of aryl methyl sites for hydroxylation is 1. The molecule has 0 radical (unpaired) electrons. The molecule has 2 heterocycles. The Bertz CT molecular complexity index is 741. The molecule has 0 aliphatic rings. The van der Waals surface area contributed by atoms with E-state index in [1.165, 1.54) is 10.9 Å². The number of hydrogen-bond donors (Lipinski definition) is 1. The highest BCUT2D eigenvalue weighted by atomic mass is 16.4. The topological polar surface area (TPSA) is 72.9 Å². The van der Waals surface area contributed by atoms with Crippen molar-refractivity contribution in [2.75, 3.05) is 0 Å². The lowest BCUT2D eigenvalue weighted by atomic mass is 10.3. The molecule has 0 aliphatic heterocycles. The van der Waals surface area contributed by atoms with Gasteiger partial charge in [-0.3, -0.25) is 9.25 Å². The van der Waals surface area contributed by atoms with Gasteiger partial charge in [0.15, 0.2) is 5.82 Å². The van der Waals surface area contributed by atoms with E-state index in [-0.39, 0.29) is 5.56 Å². The maximum atomic E-state index is 11.2. The number of carboxylic acids is 1. The summed E-state index contributed by atoms with van der Waals surface area (Å²) in [5, 5.41) is 13.3. The summed E-state index contributed by atoms with van der Waals surface area (Å²) in [6.07, 6.45) is 3.06. The van der Waals surface area contributed by atoms with Crippen LogP contribution in [0.5, 0.6) is 0 Å². The number of carboxylic acid groups (broad SMARTS) is 1. The molecule has 3 rings (SSSR count). The first-order valence-electron chi connectivity index (χ1n) is 5.36. The minimum Gasteiger partial charge on any atom is -0.477 e. The molecule has 0 atom stereocenters. The van der Waals surface area contributed by atoms with Crippen LogP contribution < -0.4 is 0 Å². The van der Waals surface area contributed by atoms with Gasteiger partial charge in [0.2, 0.25) is 0 Å². The van der Waals surface area contributed by atoms with Crippen molar-refractivity contribution in [3.05, 3.63) is 42.4 Å². The van der Waals surface area contributed by atoms with E-state index in [9.17, 15) is 4.79 Å². The van der Waals surface area contributed by atoms with Crippen molar-refractivity contribution in [2.24, 2.45) is 7.05 Å². The van der Waals surface area contributed by atoms with Crippen LogP contribution in [-0.4, -0.2) is 30.4 Å². The van der Waals surface area contributed by atoms with Gasteiger partial charge in [-0.2, -0.15) is 5.10 Å². The fourth-order valence-corrected chi connectivity index (χ4v) is 1.93. The number of aromatic nitrogens is 4. The van der Waals surface area contributed by atoms with Gasteiger partial charge in [0, 0.05) is 13.2 Å². The Kier molecular flexibility index (Phi) is 2.16. The Morgan fingerprint density at radius 3 is 2.89 bits per heavy atom. The highest BCUT2D eigenvalue weighted by molar-refractivity contribution is 5.92. The molecule has 0 fully saturated rings. The van der Waals surface area contributed by atoms with Crippen molar-refractivity contribution in [1.82, 2.24) is 19.3 Å². The van der Waals surface area contributed by atoms with Crippen LogP contribution in [0.1, 0.15) is 10.4 Å². The summed E-state index contributed by atoms with van der Waals surface area (Å²) in [6, 6.07) is 7.51. The number of nitrogens with zero attached hydrogens (tertiary/aromatic N) is 4. The highest BCUT2D eigenvalue weighted by Gasteiger charge is 2.17. The third kappa shape index (κ3) is 1.46. The molecule has 90 valence electrons. The van der Waals surface area contributed by atoms with Crippen molar-refractivity contribution in [3.8, 4) is 5.82 Å². The molecular weight excluding hydrogens is 232 g/mol. The smallest absolute Gasteiger partial charge is 0.341 e. The Morgan fingerprint density at radius 1 is 1.33 bits per heavy atom. The van der Waals surface area contributed by atoms with Crippen LogP contribution in [0.25, 0.3) is 16.9 Å². The average Bonchev–Trinajstić information content (AvgIpc) is 2.92. The van der Waals surface area contributed by atoms with Crippen LogP contribution in [0.2, 0.25) is 0 Å². The number of aromatic carboxylic acids is 1. The van der Waals surface area contributed by atoms with Gasteiger partial charge in [-0.15, -0.1) is 0 Å². The monoisotopic (exact) mass is 242 g/mol. The molecule has 0 amide bonds. The van der Waals surface area contributed by atoms with Crippen LogP contribution >= 0.6 is 0 Å². The largest absolute Gasteiger partial charge is 0.477 e. The minimum atomic E-state index is -1.00. The van der Waals surface area contributed by atoms with Crippen molar-refractivity contribution in [2.45, 2.75) is 0 Å².